The van der Waals surface area contributed by atoms with Crippen LogP contribution in [-0.2, 0) is 9.53 Å². The number of nitrogens with one attached hydrogen (secondary N) is 1. The van der Waals surface area contributed by atoms with Crippen LogP contribution in [0.5, 0.6) is 5.75 Å². The lowest BCUT2D eigenvalue weighted by Gasteiger charge is -2.33. The quantitative estimate of drug-likeness (QED) is 0.720. The summed E-state index contributed by atoms with van der Waals surface area (Å²) >= 11 is 0. The Morgan fingerprint density at radius 1 is 1.26 bits per heavy atom. The van der Waals surface area contributed by atoms with Gasteiger partial charge in [0, 0.05) is 18.6 Å². The Morgan fingerprint density at radius 3 is 2.78 bits per heavy atom. The number of hydrogen-bond acceptors (Lipinski definition) is 4. The van der Waals surface area contributed by atoms with Crippen LogP contribution >= 0.6 is 0 Å². The molecule has 1 saturated carbocycles. The van der Waals surface area contributed by atoms with Gasteiger partial charge in [0.15, 0.2) is 0 Å². The molecule has 1 aliphatic rings. The molecule has 1 amide bonds. The first-order valence-electron chi connectivity index (χ1n) is 8.53. The van der Waals surface area contributed by atoms with E-state index in [0.29, 0.717) is 26.2 Å². The Labute approximate surface area is 138 Å². The van der Waals surface area contributed by atoms with Crippen LogP contribution in [0.3, 0.4) is 0 Å². The highest BCUT2D eigenvalue weighted by Crippen LogP contribution is 2.26. The van der Waals surface area contributed by atoms with Crippen molar-refractivity contribution in [3.63, 3.8) is 0 Å². The third-order valence-corrected chi connectivity index (χ3v) is 4.16. The average Bonchev–Trinajstić information content (AvgIpc) is 2.58. The third-order valence-electron chi connectivity index (χ3n) is 4.16. The molecule has 0 aliphatic heterocycles. The molecule has 128 valence electrons. The molecule has 0 radical (unpaired) electrons. The molecular formula is C18H28N2O3. The monoisotopic (exact) mass is 320 g/mol. The number of rotatable bonds is 8. The maximum atomic E-state index is 12.3. The van der Waals surface area contributed by atoms with Crippen molar-refractivity contribution in [1.82, 2.24) is 5.32 Å². The first-order chi connectivity index (χ1) is 11.2. The Morgan fingerprint density at radius 2 is 2.04 bits per heavy atom. The van der Waals surface area contributed by atoms with Crippen molar-refractivity contribution in [3.8, 4) is 5.75 Å². The molecule has 3 N–H and O–H groups in total. The second-order valence-corrected chi connectivity index (χ2v) is 6.04. The normalized spacial score (nSPS) is 24.2. The van der Waals surface area contributed by atoms with E-state index in [4.69, 9.17) is 15.2 Å². The molecule has 5 heteroatoms. The summed E-state index contributed by atoms with van der Waals surface area (Å²) in [5, 5.41) is 2.95. The highest BCUT2D eigenvalue weighted by atomic mass is 16.5. The SMILES string of the molecule is CCCO[C@@H]1C[C@@H](C(=O)NCCOc2ccccc2)CC[C@H]1N. The first-order valence-corrected chi connectivity index (χ1v) is 8.53. The summed E-state index contributed by atoms with van der Waals surface area (Å²) in [7, 11) is 0. The summed E-state index contributed by atoms with van der Waals surface area (Å²) in [5.74, 6) is 0.894. The summed E-state index contributed by atoms with van der Waals surface area (Å²) in [4.78, 5) is 12.3. The fourth-order valence-corrected chi connectivity index (χ4v) is 2.86. The van der Waals surface area contributed by atoms with Crippen molar-refractivity contribution in [1.29, 1.82) is 0 Å². The maximum absolute atomic E-state index is 12.3. The number of amides is 1. The molecule has 3 atom stereocenters. The van der Waals surface area contributed by atoms with Crippen molar-refractivity contribution in [3.05, 3.63) is 30.3 Å². The highest BCUT2D eigenvalue weighted by molar-refractivity contribution is 5.78. The van der Waals surface area contributed by atoms with E-state index in [1.807, 2.05) is 30.3 Å². The van der Waals surface area contributed by atoms with E-state index in [-0.39, 0.29) is 24.0 Å². The molecule has 1 fully saturated rings. The zero-order valence-electron chi connectivity index (χ0n) is 13.9. The van der Waals surface area contributed by atoms with E-state index in [2.05, 4.69) is 12.2 Å². The Hall–Kier alpha value is -1.59. The van der Waals surface area contributed by atoms with E-state index in [1.54, 1.807) is 0 Å². The topological polar surface area (TPSA) is 73.6 Å². The van der Waals surface area contributed by atoms with E-state index in [9.17, 15) is 4.79 Å². The van der Waals surface area contributed by atoms with Crippen LogP contribution in [-0.4, -0.2) is 37.8 Å². The van der Waals surface area contributed by atoms with Gasteiger partial charge in [-0.05, 0) is 37.8 Å². The number of nitrogens with two attached hydrogens (primary N) is 1. The zero-order valence-corrected chi connectivity index (χ0v) is 13.9. The van der Waals surface area contributed by atoms with E-state index in [0.717, 1.165) is 25.0 Å². The first kappa shape index (κ1) is 17.8. The second-order valence-electron chi connectivity index (χ2n) is 6.04. The standard InChI is InChI=1S/C18H28N2O3/c1-2-11-23-17-13-14(8-9-16(17)19)18(21)20-10-12-22-15-6-4-3-5-7-15/h3-7,14,16-17H,2,8-13,19H2,1H3,(H,20,21)/t14-,16+,17+/m0/s1. The van der Waals surface area contributed by atoms with Crippen LogP contribution in [0, 0.1) is 5.92 Å². The lowest BCUT2D eigenvalue weighted by atomic mass is 9.83. The Kier molecular flexibility index (Phi) is 7.36. The molecule has 0 bridgehead atoms. The number of hydrogen-bond donors (Lipinski definition) is 2. The van der Waals surface area contributed by atoms with Gasteiger partial charge in [0.1, 0.15) is 12.4 Å². The predicted octanol–water partition coefficient (Wildman–Crippen LogP) is 2.10. The van der Waals surface area contributed by atoms with Gasteiger partial charge in [-0.1, -0.05) is 25.1 Å². The van der Waals surface area contributed by atoms with E-state index < -0.39 is 0 Å². The summed E-state index contributed by atoms with van der Waals surface area (Å²) in [6.07, 6.45) is 3.36. The molecule has 0 unspecified atom stereocenters. The number of benzene rings is 1. The van der Waals surface area contributed by atoms with Crippen LogP contribution < -0.4 is 15.8 Å². The minimum absolute atomic E-state index is 0.0000174. The number of carbonyl (C=O) groups is 1. The molecule has 1 aliphatic carbocycles. The fourth-order valence-electron chi connectivity index (χ4n) is 2.86. The van der Waals surface area contributed by atoms with Gasteiger partial charge in [0.25, 0.3) is 0 Å². The predicted molar refractivity (Wildman–Crippen MR) is 90.3 cm³/mol. The molecular weight excluding hydrogens is 292 g/mol. The number of carbonyl (C=O) groups excluding carboxylic acids is 1. The largest absolute Gasteiger partial charge is 0.492 e. The van der Waals surface area contributed by atoms with Crippen molar-refractivity contribution in [2.75, 3.05) is 19.8 Å². The number of para-hydroxylation sites is 1. The minimum Gasteiger partial charge on any atom is -0.492 e. The number of ether oxygens (including phenoxy) is 2. The summed E-state index contributed by atoms with van der Waals surface area (Å²) in [6.45, 7) is 3.76. The molecule has 0 saturated heterocycles. The van der Waals surface area contributed by atoms with Gasteiger partial charge in [0.2, 0.25) is 5.91 Å². The van der Waals surface area contributed by atoms with Crippen molar-refractivity contribution in [2.45, 2.75) is 44.8 Å². The molecule has 2 rings (SSSR count). The van der Waals surface area contributed by atoms with Crippen LogP contribution in [0.1, 0.15) is 32.6 Å². The summed E-state index contributed by atoms with van der Waals surface area (Å²) in [5.41, 5.74) is 6.09. The van der Waals surface area contributed by atoms with Crippen LogP contribution in [0.15, 0.2) is 30.3 Å². The lowest BCUT2D eigenvalue weighted by Crippen LogP contribution is -2.46. The van der Waals surface area contributed by atoms with Crippen molar-refractivity contribution < 1.29 is 14.3 Å². The van der Waals surface area contributed by atoms with E-state index >= 15 is 0 Å². The molecule has 1 aromatic rings. The van der Waals surface area contributed by atoms with Gasteiger partial charge in [-0.25, -0.2) is 0 Å². The summed E-state index contributed by atoms with van der Waals surface area (Å²) in [6, 6.07) is 9.65. The maximum Gasteiger partial charge on any atom is 0.223 e. The minimum atomic E-state index is -0.00613. The summed E-state index contributed by atoms with van der Waals surface area (Å²) < 4.78 is 11.4. The molecule has 5 nitrogen and oxygen atoms in total. The van der Waals surface area contributed by atoms with E-state index in [1.165, 1.54) is 0 Å². The van der Waals surface area contributed by atoms with Crippen molar-refractivity contribution >= 4 is 5.91 Å². The van der Waals surface area contributed by atoms with Gasteiger partial charge in [-0.2, -0.15) is 0 Å². The van der Waals surface area contributed by atoms with Gasteiger partial charge >= 0.3 is 0 Å². The van der Waals surface area contributed by atoms with Crippen molar-refractivity contribution in [2.24, 2.45) is 11.7 Å². The Balaban J connectivity index is 1.68. The molecule has 23 heavy (non-hydrogen) atoms. The molecule has 0 spiro atoms. The Bertz CT molecular complexity index is 467. The van der Waals surface area contributed by atoms with Crippen LogP contribution in [0.25, 0.3) is 0 Å². The van der Waals surface area contributed by atoms with Gasteiger partial charge in [-0.3, -0.25) is 4.79 Å². The second kappa shape index (κ2) is 9.53. The molecule has 0 aromatic heterocycles. The average molecular weight is 320 g/mol. The van der Waals surface area contributed by atoms with Gasteiger partial charge in [-0.15, -0.1) is 0 Å². The smallest absolute Gasteiger partial charge is 0.223 e. The lowest BCUT2D eigenvalue weighted by molar-refractivity contribution is -0.128. The van der Waals surface area contributed by atoms with Gasteiger partial charge in [0.05, 0.1) is 12.6 Å². The third kappa shape index (κ3) is 5.84. The zero-order chi connectivity index (χ0) is 16.5. The molecule has 1 aromatic carbocycles. The van der Waals surface area contributed by atoms with Crippen LogP contribution in [0.2, 0.25) is 0 Å². The molecule has 0 heterocycles. The fraction of sp³-hybridized carbons (Fsp3) is 0.611. The van der Waals surface area contributed by atoms with Crippen LogP contribution in [0.4, 0.5) is 0 Å². The highest BCUT2D eigenvalue weighted by Gasteiger charge is 2.32. The van der Waals surface area contributed by atoms with Gasteiger partial charge < -0.3 is 20.5 Å².